The van der Waals surface area contributed by atoms with Gasteiger partial charge >= 0.3 is 0 Å². The summed E-state index contributed by atoms with van der Waals surface area (Å²) >= 11 is 0. The molecular formula is C13H20N2O2. The molecule has 94 valence electrons. The van der Waals surface area contributed by atoms with Gasteiger partial charge in [0.05, 0.1) is 0 Å². The largest absolute Gasteiger partial charge is 0.484 e. The summed E-state index contributed by atoms with van der Waals surface area (Å²) in [6.45, 7) is 4.93. The monoisotopic (exact) mass is 236 g/mol. The van der Waals surface area contributed by atoms with Gasteiger partial charge in [0.1, 0.15) is 5.75 Å². The van der Waals surface area contributed by atoms with Crippen molar-refractivity contribution in [2.75, 3.05) is 25.9 Å². The molecule has 0 unspecified atom stereocenters. The molecule has 0 aliphatic heterocycles. The fraction of sp³-hybridized carbons (Fsp3) is 0.462. The van der Waals surface area contributed by atoms with Crippen LogP contribution in [0.2, 0.25) is 0 Å². The number of amides is 1. The van der Waals surface area contributed by atoms with Crippen LogP contribution in [0.25, 0.3) is 0 Å². The molecule has 0 aliphatic rings. The zero-order valence-electron chi connectivity index (χ0n) is 10.6. The van der Waals surface area contributed by atoms with Crippen molar-refractivity contribution in [1.29, 1.82) is 0 Å². The van der Waals surface area contributed by atoms with E-state index in [0.29, 0.717) is 17.4 Å². The van der Waals surface area contributed by atoms with Crippen LogP contribution in [0.3, 0.4) is 0 Å². The van der Waals surface area contributed by atoms with Gasteiger partial charge in [0.2, 0.25) is 0 Å². The standard InChI is InChI=1S/C13H20N2O2/c1-10(2)8-15(3)13(16)9-17-12-6-4-5-11(14)7-12/h4-7,10H,8-9,14H2,1-3H3. The number of ether oxygens (including phenoxy) is 1. The minimum Gasteiger partial charge on any atom is -0.484 e. The number of anilines is 1. The van der Waals surface area contributed by atoms with Crippen LogP contribution < -0.4 is 10.5 Å². The fourth-order valence-electron chi connectivity index (χ4n) is 1.51. The Morgan fingerprint density at radius 2 is 2.18 bits per heavy atom. The van der Waals surface area contributed by atoms with Crippen molar-refractivity contribution < 1.29 is 9.53 Å². The first-order chi connectivity index (χ1) is 7.99. The molecule has 0 spiro atoms. The molecule has 0 fully saturated rings. The second-order valence-corrected chi connectivity index (χ2v) is 4.53. The lowest BCUT2D eigenvalue weighted by molar-refractivity contribution is -0.132. The predicted octanol–water partition coefficient (Wildman–Crippen LogP) is 1.76. The van der Waals surface area contributed by atoms with Crippen molar-refractivity contribution in [3.63, 3.8) is 0 Å². The Kier molecular flexibility index (Phi) is 4.82. The Morgan fingerprint density at radius 3 is 2.76 bits per heavy atom. The first kappa shape index (κ1) is 13.4. The SMILES string of the molecule is CC(C)CN(C)C(=O)COc1cccc(N)c1. The van der Waals surface area contributed by atoms with E-state index in [0.717, 1.165) is 6.54 Å². The van der Waals surface area contributed by atoms with E-state index >= 15 is 0 Å². The van der Waals surface area contributed by atoms with E-state index in [1.807, 2.05) is 0 Å². The molecule has 4 heteroatoms. The predicted molar refractivity (Wildman–Crippen MR) is 68.8 cm³/mol. The van der Waals surface area contributed by atoms with E-state index in [1.165, 1.54) is 0 Å². The molecule has 0 aromatic heterocycles. The highest BCUT2D eigenvalue weighted by Crippen LogP contribution is 2.14. The van der Waals surface area contributed by atoms with Gasteiger partial charge in [-0.25, -0.2) is 0 Å². The molecule has 4 nitrogen and oxygen atoms in total. The smallest absolute Gasteiger partial charge is 0.260 e. The van der Waals surface area contributed by atoms with Gasteiger partial charge in [-0.1, -0.05) is 19.9 Å². The zero-order valence-corrected chi connectivity index (χ0v) is 10.6. The number of nitrogen functional groups attached to an aromatic ring is 1. The molecule has 0 saturated heterocycles. The first-order valence-electron chi connectivity index (χ1n) is 5.71. The molecule has 0 radical (unpaired) electrons. The highest BCUT2D eigenvalue weighted by atomic mass is 16.5. The quantitative estimate of drug-likeness (QED) is 0.793. The number of nitrogens with zero attached hydrogens (tertiary/aromatic N) is 1. The van der Waals surface area contributed by atoms with Crippen LogP contribution >= 0.6 is 0 Å². The molecule has 17 heavy (non-hydrogen) atoms. The average Bonchev–Trinajstić information content (AvgIpc) is 2.25. The van der Waals surface area contributed by atoms with Crippen molar-refractivity contribution in [2.45, 2.75) is 13.8 Å². The van der Waals surface area contributed by atoms with Crippen LogP contribution in [0.1, 0.15) is 13.8 Å². The Morgan fingerprint density at radius 1 is 1.47 bits per heavy atom. The Labute approximate surface area is 102 Å². The maximum atomic E-state index is 11.7. The molecule has 0 bridgehead atoms. The minimum atomic E-state index is -0.0267. The van der Waals surface area contributed by atoms with Crippen molar-refractivity contribution in [2.24, 2.45) is 5.92 Å². The van der Waals surface area contributed by atoms with Crippen molar-refractivity contribution in [3.8, 4) is 5.75 Å². The number of hydrogen-bond donors (Lipinski definition) is 1. The van der Waals surface area contributed by atoms with Gasteiger partial charge in [-0.05, 0) is 18.1 Å². The highest BCUT2D eigenvalue weighted by molar-refractivity contribution is 5.77. The third kappa shape index (κ3) is 4.76. The summed E-state index contributed by atoms with van der Waals surface area (Å²) < 4.78 is 5.38. The van der Waals surface area contributed by atoms with E-state index < -0.39 is 0 Å². The molecule has 0 saturated carbocycles. The van der Waals surface area contributed by atoms with Gasteiger partial charge in [-0.15, -0.1) is 0 Å². The normalized spacial score (nSPS) is 10.4. The topological polar surface area (TPSA) is 55.6 Å². The number of likely N-dealkylation sites (N-methyl/N-ethyl adjacent to an activating group) is 1. The van der Waals surface area contributed by atoms with E-state index in [1.54, 1.807) is 36.2 Å². The first-order valence-corrected chi connectivity index (χ1v) is 5.71. The lowest BCUT2D eigenvalue weighted by Gasteiger charge is -2.19. The van der Waals surface area contributed by atoms with E-state index in [9.17, 15) is 4.79 Å². The maximum absolute atomic E-state index is 11.7. The summed E-state index contributed by atoms with van der Waals surface area (Å²) in [6, 6.07) is 7.06. The van der Waals surface area contributed by atoms with Crippen molar-refractivity contribution in [3.05, 3.63) is 24.3 Å². The van der Waals surface area contributed by atoms with Crippen LogP contribution in [0.5, 0.6) is 5.75 Å². The summed E-state index contributed by atoms with van der Waals surface area (Å²) in [7, 11) is 1.78. The van der Waals surface area contributed by atoms with Gasteiger partial charge in [0, 0.05) is 25.3 Å². The maximum Gasteiger partial charge on any atom is 0.260 e. The molecule has 1 amide bonds. The summed E-state index contributed by atoms with van der Waals surface area (Å²) in [5.74, 6) is 1.05. The third-order valence-electron chi connectivity index (χ3n) is 2.29. The molecule has 1 aromatic rings. The van der Waals surface area contributed by atoms with Crippen LogP contribution in [0.15, 0.2) is 24.3 Å². The second-order valence-electron chi connectivity index (χ2n) is 4.53. The van der Waals surface area contributed by atoms with Crippen LogP contribution in [0, 0.1) is 5.92 Å². The number of carbonyl (C=O) groups is 1. The Bertz CT molecular complexity index is 377. The Balaban J connectivity index is 2.43. The molecule has 1 rings (SSSR count). The van der Waals surface area contributed by atoms with Gasteiger partial charge in [-0.2, -0.15) is 0 Å². The number of nitrogens with two attached hydrogens (primary N) is 1. The van der Waals surface area contributed by atoms with Gasteiger partial charge in [0.15, 0.2) is 6.61 Å². The van der Waals surface area contributed by atoms with Crippen molar-refractivity contribution in [1.82, 2.24) is 4.90 Å². The number of hydrogen-bond acceptors (Lipinski definition) is 3. The van der Waals surface area contributed by atoms with Gasteiger partial charge in [0.25, 0.3) is 5.91 Å². The summed E-state index contributed by atoms with van der Waals surface area (Å²) in [5, 5.41) is 0. The molecule has 0 aliphatic carbocycles. The van der Waals surface area contributed by atoms with Crippen LogP contribution in [-0.2, 0) is 4.79 Å². The lowest BCUT2D eigenvalue weighted by Crippen LogP contribution is -2.34. The van der Waals surface area contributed by atoms with E-state index in [-0.39, 0.29) is 12.5 Å². The lowest BCUT2D eigenvalue weighted by atomic mass is 10.2. The summed E-state index contributed by atoms with van der Waals surface area (Å²) in [6.07, 6.45) is 0. The van der Waals surface area contributed by atoms with Crippen molar-refractivity contribution >= 4 is 11.6 Å². The Hall–Kier alpha value is -1.71. The minimum absolute atomic E-state index is 0.0267. The van der Waals surface area contributed by atoms with Crippen LogP contribution in [0.4, 0.5) is 5.69 Å². The van der Waals surface area contributed by atoms with Gasteiger partial charge < -0.3 is 15.4 Å². The molecule has 2 N–H and O–H groups in total. The average molecular weight is 236 g/mol. The fourth-order valence-corrected chi connectivity index (χ4v) is 1.51. The zero-order chi connectivity index (χ0) is 12.8. The second kappa shape index (κ2) is 6.13. The van der Waals surface area contributed by atoms with E-state index in [2.05, 4.69) is 13.8 Å². The number of carbonyl (C=O) groups excluding carboxylic acids is 1. The third-order valence-corrected chi connectivity index (χ3v) is 2.29. The van der Waals surface area contributed by atoms with Gasteiger partial charge in [-0.3, -0.25) is 4.79 Å². The highest BCUT2D eigenvalue weighted by Gasteiger charge is 2.10. The molecule has 0 heterocycles. The molecular weight excluding hydrogens is 216 g/mol. The summed E-state index contributed by atoms with van der Waals surface area (Å²) in [4.78, 5) is 13.4. The number of benzene rings is 1. The number of rotatable bonds is 5. The van der Waals surface area contributed by atoms with Crippen LogP contribution in [-0.4, -0.2) is 31.0 Å². The summed E-state index contributed by atoms with van der Waals surface area (Å²) in [5.41, 5.74) is 6.25. The molecule has 0 atom stereocenters. The van der Waals surface area contributed by atoms with E-state index in [4.69, 9.17) is 10.5 Å². The molecule has 1 aromatic carbocycles.